The van der Waals surface area contributed by atoms with Crippen molar-refractivity contribution in [3.8, 4) is 0 Å². The molecule has 0 aliphatic carbocycles. The molecule has 0 fully saturated rings. The molecule has 11 heteroatoms. The summed E-state index contributed by atoms with van der Waals surface area (Å²) >= 11 is 3.46. The van der Waals surface area contributed by atoms with E-state index in [-0.39, 0.29) is 13.0 Å². The van der Waals surface area contributed by atoms with Gasteiger partial charge in [0.1, 0.15) is 17.1 Å². The van der Waals surface area contributed by atoms with Gasteiger partial charge in [-0.05, 0) is 69.8 Å². The molecule has 1 heterocycles. The average molecular weight is 595 g/mol. The summed E-state index contributed by atoms with van der Waals surface area (Å²) in [4.78, 5) is 1.67. The lowest BCUT2D eigenvalue weighted by atomic mass is 9.99. The Morgan fingerprint density at radius 2 is 1.91 bits per heavy atom. The lowest BCUT2D eigenvalue weighted by Gasteiger charge is -2.36. The maximum absolute atomic E-state index is 13.7. The van der Waals surface area contributed by atoms with Crippen LogP contribution in [0.25, 0.3) is 0 Å². The summed E-state index contributed by atoms with van der Waals surface area (Å²) < 4.78 is 54.6. The molecule has 3 atom stereocenters. The minimum atomic E-state index is -3.51. The third kappa shape index (κ3) is 7.66. The van der Waals surface area contributed by atoms with Crippen LogP contribution in [0.5, 0.6) is 0 Å². The number of halogens is 3. The quantitative estimate of drug-likeness (QED) is 0.367. The van der Waals surface area contributed by atoms with Gasteiger partial charge in [0.15, 0.2) is 0 Å². The predicted octanol–water partition coefficient (Wildman–Crippen LogP) is 2.98. The second kappa shape index (κ2) is 11.3. The molecule has 2 aromatic rings. The topological polar surface area (TPSA) is 81.7 Å². The van der Waals surface area contributed by atoms with Crippen LogP contribution in [0.3, 0.4) is 0 Å². The van der Waals surface area contributed by atoms with Crippen LogP contribution in [-0.2, 0) is 23.0 Å². The van der Waals surface area contributed by atoms with E-state index in [0.29, 0.717) is 12.1 Å². The summed E-state index contributed by atoms with van der Waals surface area (Å²) in [6.45, 7) is 0.735. The van der Waals surface area contributed by atoms with Gasteiger partial charge in [-0.3, -0.25) is 0 Å². The molecule has 32 heavy (non-hydrogen) atoms. The maximum atomic E-state index is 13.7. The molecule has 0 amide bonds. The Kier molecular flexibility index (Phi) is 8.92. The summed E-state index contributed by atoms with van der Waals surface area (Å²) in [6.07, 6.45) is 1.90. The number of thioether (sulfide) groups is 1. The number of hydrogen-bond acceptors (Lipinski definition) is 6. The molecule has 0 saturated carbocycles. The van der Waals surface area contributed by atoms with Crippen molar-refractivity contribution in [2.24, 2.45) is 0 Å². The molecule has 0 bridgehead atoms. The molecular formula is C21H24F2IN3O3S2. The zero-order chi connectivity index (χ0) is 23.3. The normalized spacial score (nSPS) is 18.2. The molecule has 3 N–H and O–H groups in total. The number of nitrogens with zero attached hydrogens (tertiary/aromatic N) is 1. The number of aliphatic hydroxyl groups is 1. The van der Waals surface area contributed by atoms with Gasteiger partial charge in [-0.2, -0.15) is 4.72 Å². The highest BCUT2D eigenvalue weighted by molar-refractivity contribution is 14.1. The number of nitrogens with one attached hydrogen (secondary N) is 2. The molecule has 3 rings (SSSR count). The number of rotatable bonds is 10. The first-order valence-corrected chi connectivity index (χ1v) is 13.7. The fourth-order valence-electron chi connectivity index (χ4n) is 3.44. The van der Waals surface area contributed by atoms with Crippen LogP contribution in [0.15, 0.2) is 54.1 Å². The van der Waals surface area contributed by atoms with Crippen molar-refractivity contribution in [2.45, 2.75) is 30.6 Å². The average Bonchev–Trinajstić information content (AvgIpc) is 3.11. The van der Waals surface area contributed by atoms with Gasteiger partial charge in [-0.25, -0.2) is 17.2 Å². The summed E-state index contributed by atoms with van der Waals surface area (Å²) in [5.41, 5.74) is 0.757. The Hall–Kier alpha value is -1.25. The maximum Gasteiger partial charge on any atom is 0.211 e. The van der Waals surface area contributed by atoms with E-state index in [1.165, 1.54) is 23.9 Å². The van der Waals surface area contributed by atoms with E-state index in [0.717, 1.165) is 21.5 Å². The molecule has 6 nitrogen and oxygen atoms in total. The van der Waals surface area contributed by atoms with Crippen molar-refractivity contribution < 1.29 is 22.3 Å². The van der Waals surface area contributed by atoms with E-state index in [2.05, 4.69) is 32.6 Å². The van der Waals surface area contributed by atoms with Crippen LogP contribution in [0.2, 0.25) is 0 Å². The van der Waals surface area contributed by atoms with Gasteiger partial charge >= 0.3 is 0 Å². The Labute approximate surface area is 204 Å². The Morgan fingerprint density at radius 3 is 2.56 bits per heavy atom. The van der Waals surface area contributed by atoms with E-state index < -0.39 is 39.3 Å². The van der Waals surface area contributed by atoms with Gasteiger partial charge in [0.25, 0.3) is 0 Å². The predicted molar refractivity (Wildman–Crippen MR) is 131 cm³/mol. The number of aliphatic hydroxyl groups excluding tert-OH is 1. The minimum Gasteiger partial charge on any atom is -0.390 e. The Balaban J connectivity index is 1.76. The van der Waals surface area contributed by atoms with E-state index in [1.807, 2.05) is 24.3 Å². The van der Waals surface area contributed by atoms with Crippen molar-refractivity contribution >= 4 is 44.4 Å². The highest BCUT2D eigenvalue weighted by Crippen LogP contribution is 2.29. The molecule has 0 radical (unpaired) electrons. The van der Waals surface area contributed by atoms with Gasteiger partial charge < -0.3 is 15.3 Å². The lowest BCUT2D eigenvalue weighted by molar-refractivity contribution is 0.0679. The lowest BCUT2D eigenvalue weighted by Crippen LogP contribution is -2.53. The molecule has 174 valence electrons. The smallest absolute Gasteiger partial charge is 0.211 e. The van der Waals surface area contributed by atoms with E-state index in [4.69, 9.17) is 0 Å². The van der Waals surface area contributed by atoms with Crippen molar-refractivity contribution in [1.82, 2.24) is 14.9 Å². The molecule has 2 aromatic carbocycles. The molecule has 0 aromatic heterocycles. The van der Waals surface area contributed by atoms with Crippen molar-refractivity contribution in [1.29, 1.82) is 0 Å². The summed E-state index contributed by atoms with van der Waals surface area (Å²) in [6, 6.07) is 10.5. The summed E-state index contributed by atoms with van der Waals surface area (Å²) in [7, 11) is -3.51. The fourth-order valence-corrected chi connectivity index (χ4v) is 6.01. The monoisotopic (exact) mass is 595 g/mol. The Morgan fingerprint density at radius 1 is 1.19 bits per heavy atom. The first-order chi connectivity index (χ1) is 15.1. The number of hydrogen-bond donors (Lipinski definition) is 3. The summed E-state index contributed by atoms with van der Waals surface area (Å²) in [5.74, 6) is -1.41. The first kappa shape index (κ1) is 25.4. The standard InChI is InChI=1S/C21H24F2IN3O3S2/c1-32(29,30)26-21-27(5-6-31-21)19(10-15-7-16(22)11-17(23)8-15)20(28)13-25-12-14-3-2-4-18(24)9-14/h2-9,11,19-21,25-26,28H,10,12-13H2,1H3/t19-,20+,21?/m0/s1. The molecule has 1 unspecified atom stereocenters. The molecule has 1 aliphatic rings. The minimum absolute atomic E-state index is 0.119. The van der Waals surface area contributed by atoms with Crippen LogP contribution in [0.1, 0.15) is 11.1 Å². The third-order valence-corrected chi connectivity index (χ3v) is 7.16. The molecule has 0 saturated heterocycles. The summed E-state index contributed by atoms with van der Waals surface area (Å²) in [5, 5.41) is 15.9. The van der Waals surface area contributed by atoms with E-state index in [1.54, 1.807) is 16.5 Å². The van der Waals surface area contributed by atoms with Crippen molar-refractivity contribution in [3.05, 3.63) is 80.4 Å². The van der Waals surface area contributed by atoms with Crippen molar-refractivity contribution in [3.63, 3.8) is 0 Å². The van der Waals surface area contributed by atoms with Gasteiger partial charge in [-0.15, -0.1) is 0 Å². The second-order valence-electron chi connectivity index (χ2n) is 7.49. The van der Waals surface area contributed by atoms with Crippen LogP contribution < -0.4 is 10.0 Å². The zero-order valence-corrected chi connectivity index (χ0v) is 21.0. The fraction of sp³-hybridized carbons (Fsp3) is 0.333. The van der Waals surface area contributed by atoms with E-state index >= 15 is 0 Å². The second-order valence-corrected chi connectivity index (χ2v) is 11.5. The van der Waals surface area contributed by atoms with Gasteiger partial charge in [0.2, 0.25) is 10.0 Å². The third-order valence-electron chi connectivity index (χ3n) is 4.79. The van der Waals surface area contributed by atoms with Crippen LogP contribution in [-0.4, -0.2) is 48.9 Å². The first-order valence-electron chi connectivity index (χ1n) is 9.76. The van der Waals surface area contributed by atoms with E-state index in [9.17, 15) is 22.3 Å². The molecule has 0 spiro atoms. The van der Waals surface area contributed by atoms with Crippen LogP contribution in [0, 0.1) is 15.2 Å². The number of sulfonamides is 1. The van der Waals surface area contributed by atoms with Gasteiger partial charge in [0, 0.05) is 28.9 Å². The highest BCUT2D eigenvalue weighted by atomic mass is 127. The molecular weight excluding hydrogens is 571 g/mol. The van der Waals surface area contributed by atoms with Crippen LogP contribution >= 0.6 is 34.4 Å². The SMILES string of the molecule is CS(=O)(=O)NC1SC=CN1[C@@H](Cc1cc(F)cc(F)c1)[C@H](O)CNCc1cccc(I)c1. The number of benzene rings is 2. The van der Waals surface area contributed by atoms with Crippen molar-refractivity contribution in [2.75, 3.05) is 12.8 Å². The molecule has 1 aliphatic heterocycles. The van der Waals surface area contributed by atoms with Crippen LogP contribution in [0.4, 0.5) is 8.78 Å². The van der Waals surface area contributed by atoms with Gasteiger partial charge in [0.05, 0.1) is 18.4 Å². The zero-order valence-electron chi connectivity index (χ0n) is 17.2. The Bertz CT molecular complexity index is 1050. The van der Waals surface area contributed by atoms with Gasteiger partial charge in [-0.1, -0.05) is 23.9 Å². The highest BCUT2D eigenvalue weighted by Gasteiger charge is 2.33. The largest absolute Gasteiger partial charge is 0.390 e.